The second-order valence-corrected chi connectivity index (χ2v) is 6.51. The van der Waals surface area contributed by atoms with Crippen LogP contribution in [0, 0.1) is 0 Å². The van der Waals surface area contributed by atoms with Crippen molar-refractivity contribution in [3.8, 4) is 0 Å². The van der Waals surface area contributed by atoms with E-state index in [-0.39, 0.29) is 18.0 Å². The van der Waals surface area contributed by atoms with Crippen molar-refractivity contribution < 1.29 is 14.3 Å². The molecule has 2 atom stereocenters. The number of nitrogens with two attached hydrogens (primary N) is 1. The fraction of sp³-hybridized carbons (Fsp3) is 0.615. The number of nitrogens with zero attached hydrogens (tertiary/aromatic N) is 1. The van der Waals surface area contributed by atoms with Gasteiger partial charge in [0, 0.05) is 34.2 Å². The van der Waals surface area contributed by atoms with Gasteiger partial charge in [0.2, 0.25) is 0 Å². The molecule has 0 amide bonds. The molecule has 1 fully saturated rings. The number of thiophene rings is 1. The summed E-state index contributed by atoms with van der Waals surface area (Å²) in [4.78, 5) is 15.5. The molecule has 1 aromatic heterocycles. The first-order valence-corrected chi connectivity index (χ1v) is 8.35. The highest BCUT2D eigenvalue weighted by atomic mass is 32.2. The van der Waals surface area contributed by atoms with E-state index in [9.17, 15) is 4.79 Å². The topological polar surface area (TPSA) is 64.8 Å². The van der Waals surface area contributed by atoms with Crippen molar-refractivity contribution in [2.75, 3.05) is 44.2 Å². The van der Waals surface area contributed by atoms with Gasteiger partial charge in [0.25, 0.3) is 0 Å². The zero-order valence-electron chi connectivity index (χ0n) is 12.1. The van der Waals surface area contributed by atoms with E-state index in [4.69, 9.17) is 15.2 Å². The first-order chi connectivity index (χ1) is 9.53. The Morgan fingerprint density at radius 1 is 1.35 bits per heavy atom. The Kier molecular flexibility index (Phi) is 4.95. The van der Waals surface area contributed by atoms with Crippen LogP contribution in [0.3, 0.4) is 0 Å². The molecule has 1 aliphatic heterocycles. The van der Waals surface area contributed by atoms with Gasteiger partial charge in [0.05, 0.1) is 15.5 Å². The third kappa shape index (κ3) is 2.67. The molecule has 1 saturated heterocycles. The summed E-state index contributed by atoms with van der Waals surface area (Å²) in [5, 5.41) is 1.04. The number of methoxy groups -OCH3 is 2. The van der Waals surface area contributed by atoms with Gasteiger partial charge in [-0.2, -0.15) is 0 Å². The highest BCUT2D eigenvalue weighted by molar-refractivity contribution is 7.99. The van der Waals surface area contributed by atoms with Crippen LogP contribution in [0.1, 0.15) is 16.6 Å². The number of carbonyl (C=O) groups excluding carboxylic acids is 1. The minimum atomic E-state index is 0.0137. The third-order valence-corrected chi connectivity index (χ3v) is 5.83. The summed E-state index contributed by atoms with van der Waals surface area (Å²) in [6.45, 7) is 3.05. The summed E-state index contributed by atoms with van der Waals surface area (Å²) >= 11 is 3.04. The van der Waals surface area contributed by atoms with Gasteiger partial charge >= 0.3 is 0 Å². The van der Waals surface area contributed by atoms with Gasteiger partial charge < -0.3 is 20.1 Å². The van der Waals surface area contributed by atoms with Crippen molar-refractivity contribution in [2.24, 2.45) is 0 Å². The van der Waals surface area contributed by atoms with Gasteiger partial charge in [-0.25, -0.2) is 0 Å². The summed E-state index contributed by atoms with van der Waals surface area (Å²) in [5.41, 5.74) is 6.69. The Bertz CT molecular complexity index is 492. The van der Waals surface area contributed by atoms with E-state index >= 15 is 0 Å². The van der Waals surface area contributed by atoms with Gasteiger partial charge in [0.15, 0.2) is 5.78 Å². The molecule has 0 radical (unpaired) electrons. The van der Waals surface area contributed by atoms with Crippen LogP contribution in [0.4, 0.5) is 10.7 Å². The van der Waals surface area contributed by atoms with Crippen LogP contribution in [0.15, 0.2) is 4.90 Å². The van der Waals surface area contributed by atoms with Gasteiger partial charge in [0.1, 0.15) is 17.2 Å². The van der Waals surface area contributed by atoms with Crippen LogP contribution >= 0.6 is 23.1 Å². The highest BCUT2D eigenvalue weighted by Crippen LogP contribution is 2.45. The molecule has 0 spiro atoms. The monoisotopic (exact) mass is 316 g/mol. The molecule has 2 heterocycles. The maximum Gasteiger partial charge on any atom is 0.171 e. The number of rotatable bonds is 5. The third-order valence-electron chi connectivity index (χ3n) is 3.51. The second kappa shape index (κ2) is 6.34. The molecule has 0 saturated carbocycles. The van der Waals surface area contributed by atoms with Crippen LogP contribution in [0.2, 0.25) is 0 Å². The molecule has 5 nitrogen and oxygen atoms in total. The molecule has 2 unspecified atom stereocenters. The number of nitrogen functional groups attached to an aromatic ring is 1. The summed E-state index contributed by atoms with van der Waals surface area (Å²) in [6.07, 6.45) is 2.06. The zero-order chi connectivity index (χ0) is 14.9. The van der Waals surface area contributed by atoms with E-state index in [0.29, 0.717) is 10.6 Å². The van der Waals surface area contributed by atoms with Gasteiger partial charge in [-0.05, 0) is 6.26 Å². The normalized spacial score (nSPS) is 22.5. The molecule has 7 heteroatoms. The van der Waals surface area contributed by atoms with E-state index in [2.05, 4.69) is 4.90 Å². The van der Waals surface area contributed by atoms with Gasteiger partial charge in [-0.15, -0.1) is 23.1 Å². The predicted molar refractivity (Wildman–Crippen MR) is 84.3 cm³/mol. The maximum absolute atomic E-state index is 11.7. The number of thioether (sulfide) groups is 1. The Balaban J connectivity index is 2.34. The van der Waals surface area contributed by atoms with Crippen LogP contribution in [-0.2, 0) is 9.47 Å². The van der Waals surface area contributed by atoms with Crippen molar-refractivity contribution in [1.82, 2.24) is 0 Å². The van der Waals surface area contributed by atoms with E-state index < -0.39 is 0 Å². The number of hydrogen-bond donors (Lipinski definition) is 1. The standard InChI is InChI=1S/C13H20N2O3S2/c1-7(16)11-10(14)12(19-4)13(20-11)15-5-8(17-2)9(6-15)18-3/h8-9H,5-6,14H2,1-4H3. The van der Waals surface area contributed by atoms with E-state index in [1.807, 2.05) is 6.26 Å². The summed E-state index contributed by atoms with van der Waals surface area (Å²) < 4.78 is 10.9. The van der Waals surface area contributed by atoms with E-state index in [1.54, 1.807) is 32.9 Å². The first kappa shape index (κ1) is 15.6. The molecule has 112 valence electrons. The molecule has 0 aromatic carbocycles. The van der Waals surface area contributed by atoms with Crippen molar-refractivity contribution in [1.29, 1.82) is 0 Å². The summed E-state index contributed by atoms with van der Waals surface area (Å²) in [6, 6.07) is 0. The fourth-order valence-corrected chi connectivity index (χ4v) is 4.54. The van der Waals surface area contributed by atoms with Gasteiger partial charge in [-0.3, -0.25) is 4.79 Å². The maximum atomic E-state index is 11.7. The highest BCUT2D eigenvalue weighted by Gasteiger charge is 2.35. The smallest absolute Gasteiger partial charge is 0.171 e. The average Bonchev–Trinajstić information content (AvgIpc) is 2.98. The van der Waals surface area contributed by atoms with Crippen LogP contribution < -0.4 is 10.6 Å². The van der Waals surface area contributed by atoms with Crippen molar-refractivity contribution in [3.63, 3.8) is 0 Å². The predicted octanol–water partition coefficient (Wildman–Crippen LogP) is 2.10. The zero-order valence-corrected chi connectivity index (χ0v) is 13.8. The Morgan fingerprint density at radius 2 is 1.90 bits per heavy atom. The number of carbonyl (C=O) groups is 1. The molecule has 20 heavy (non-hydrogen) atoms. The number of ketones is 1. The number of anilines is 2. The summed E-state index contributed by atoms with van der Waals surface area (Å²) in [5.74, 6) is 0.0137. The van der Waals surface area contributed by atoms with Crippen LogP contribution in [0.5, 0.6) is 0 Å². The molecule has 2 N–H and O–H groups in total. The Hall–Kier alpha value is -0.760. The number of ether oxygens (including phenoxy) is 2. The lowest BCUT2D eigenvalue weighted by atomic mass is 10.3. The SMILES string of the molecule is COC1CN(c2sc(C(C)=O)c(N)c2SC)CC1OC. The minimum absolute atomic E-state index is 0.0137. The fourth-order valence-electron chi connectivity index (χ4n) is 2.45. The quantitative estimate of drug-likeness (QED) is 0.663. The van der Waals surface area contributed by atoms with Gasteiger partial charge in [-0.1, -0.05) is 0 Å². The Labute approximate surface area is 127 Å². The largest absolute Gasteiger partial charge is 0.396 e. The second-order valence-electron chi connectivity index (χ2n) is 4.69. The van der Waals surface area contributed by atoms with Crippen LogP contribution in [0.25, 0.3) is 0 Å². The molecule has 0 aliphatic carbocycles. The minimum Gasteiger partial charge on any atom is -0.396 e. The first-order valence-electron chi connectivity index (χ1n) is 6.31. The average molecular weight is 316 g/mol. The van der Waals surface area contributed by atoms with Crippen LogP contribution in [-0.4, -0.2) is 51.6 Å². The lowest BCUT2D eigenvalue weighted by Gasteiger charge is -2.17. The molecule has 1 aromatic rings. The number of Topliss-reactive ketones (excluding diaryl/α,β-unsaturated/α-hetero) is 1. The molecular formula is C13H20N2O3S2. The van der Waals surface area contributed by atoms with E-state index in [1.165, 1.54) is 11.3 Å². The molecular weight excluding hydrogens is 296 g/mol. The number of hydrogen-bond acceptors (Lipinski definition) is 7. The van der Waals surface area contributed by atoms with Crippen molar-refractivity contribution in [2.45, 2.75) is 24.0 Å². The summed E-state index contributed by atoms with van der Waals surface area (Å²) in [7, 11) is 3.39. The van der Waals surface area contributed by atoms with E-state index in [0.717, 1.165) is 23.0 Å². The Morgan fingerprint density at radius 3 is 2.30 bits per heavy atom. The molecule has 0 bridgehead atoms. The lowest BCUT2D eigenvalue weighted by molar-refractivity contribution is -0.00461. The molecule has 1 aliphatic rings. The van der Waals surface area contributed by atoms with Crippen molar-refractivity contribution in [3.05, 3.63) is 4.88 Å². The van der Waals surface area contributed by atoms with Crippen molar-refractivity contribution >= 4 is 39.6 Å². The molecule has 2 rings (SSSR count). The lowest BCUT2D eigenvalue weighted by Crippen LogP contribution is -2.27.